The Morgan fingerprint density at radius 2 is 1.80 bits per heavy atom. The number of carbonyl (C=O) groups excluding carboxylic acids is 1. The van der Waals surface area contributed by atoms with Crippen LogP contribution in [0, 0.1) is 13.8 Å². The van der Waals surface area contributed by atoms with Gasteiger partial charge in [-0.1, -0.05) is 17.7 Å². The minimum atomic E-state index is -0.111. The number of aryl methyl sites for hydroxylation is 2. The summed E-state index contributed by atoms with van der Waals surface area (Å²) in [7, 11) is 0. The Hall–Kier alpha value is -2.29. The number of benzene rings is 2. The third-order valence-corrected chi connectivity index (χ3v) is 3.06. The van der Waals surface area contributed by atoms with Gasteiger partial charge in [-0.2, -0.15) is 0 Å². The average Bonchev–Trinajstić information content (AvgIpc) is 2.43. The molecule has 0 radical (unpaired) electrons. The van der Waals surface area contributed by atoms with Gasteiger partial charge in [0.15, 0.2) is 0 Å². The molecule has 0 saturated heterocycles. The zero-order valence-corrected chi connectivity index (χ0v) is 12.1. The van der Waals surface area contributed by atoms with Crippen LogP contribution in [0.3, 0.4) is 0 Å². The highest BCUT2D eigenvalue weighted by molar-refractivity contribution is 6.04. The fourth-order valence-electron chi connectivity index (χ4n) is 2.02. The highest BCUT2D eigenvalue weighted by Crippen LogP contribution is 2.18. The molecule has 104 valence electrons. The summed E-state index contributed by atoms with van der Waals surface area (Å²) in [5, 5.41) is 2.93. The van der Waals surface area contributed by atoms with Gasteiger partial charge in [-0.3, -0.25) is 4.79 Å². The standard InChI is InChI=1S/C17H19NO2/c1-4-20-15-8-6-14(7-9-15)17(19)18-16-10-5-12(2)11-13(16)3/h5-11H,4H2,1-3H3,(H,18,19). The predicted molar refractivity (Wildman–Crippen MR) is 81.5 cm³/mol. The van der Waals surface area contributed by atoms with Gasteiger partial charge in [-0.15, -0.1) is 0 Å². The third kappa shape index (κ3) is 3.38. The number of hydrogen-bond donors (Lipinski definition) is 1. The van der Waals surface area contributed by atoms with E-state index in [0.717, 1.165) is 17.0 Å². The maximum atomic E-state index is 12.2. The van der Waals surface area contributed by atoms with E-state index in [2.05, 4.69) is 5.32 Å². The van der Waals surface area contributed by atoms with E-state index in [1.807, 2.05) is 39.0 Å². The van der Waals surface area contributed by atoms with E-state index in [1.54, 1.807) is 24.3 Å². The average molecular weight is 269 g/mol. The normalized spacial score (nSPS) is 10.2. The number of nitrogens with one attached hydrogen (secondary N) is 1. The van der Waals surface area contributed by atoms with E-state index in [1.165, 1.54) is 5.56 Å². The maximum absolute atomic E-state index is 12.2. The highest BCUT2D eigenvalue weighted by atomic mass is 16.5. The SMILES string of the molecule is CCOc1ccc(C(=O)Nc2ccc(C)cc2C)cc1. The van der Waals surface area contributed by atoms with Gasteiger partial charge in [-0.05, 0) is 56.7 Å². The van der Waals surface area contributed by atoms with E-state index in [0.29, 0.717) is 12.2 Å². The molecule has 1 N–H and O–H groups in total. The van der Waals surface area contributed by atoms with Crippen molar-refractivity contribution in [1.82, 2.24) is 0 Å². The van der Waals surface area contributed by atoms with Crippen LogP contribution in [0.5, 0.6) is 5.75 Å². The molecule has 0 fully saturated rings. The smallest absolute Gasteiger partial charge is 0.255 e. The first kappa shape index (κ1) is 14.1. The van der Waals surface area contributed by atoms with Crippen LogP contribution in [0.1, 0.15) is 28.4 Å². The molecule has 2 rings (SSSR count). The number of carbonyl (C=O) groups is 1. The molecule has 0 unspecified atom stereocenters. The lowest BCUT2D eigenvalue weighted by atomic mass is 10.1. The van der Waals surface area contributed by atoms with Crippen LogP contribution >= 0.6 is 0 Å². The lowest BCUT2D eigenvalue weighted by Gasteiger charge is -2.09. The van der Waals surface area contributed by atoms with E-state index in [9.17, 15) is 4.79 Å². The molecule has 0 saturated carbocycles. The molecule has 1 amide bonds. The van der Waals surface area contributed by atoms with Crippen LogP contribution in [0.4, 0.5) is 5.69 Å². The van der Waals surface area contributed by atoms with Crippen molar-refractivity contribution in [2.45, 2.75) is 20.8 Å². The lowest BCUT2D eigenvalue weighted by molar-refractivity contribution is 0.102. The van der Waals surface area contributed by atoms with Gasteiger partial charge in [-0.25, -0.2) is 0 Å². The maximum Gasteiger partial charge on any atom is 0.255 e. The monoisotopic (exact) mass is 269 g/mol. The van der Waals surface area contributed by atoms with Crippen molar-refractivity contribution < 1.29 is 9.53 Å². The number of amides is 1. The summed E-state index contributed by atoms with van der Waals surface area (Å²) in [4.78, 5) is 12.2. The van der Waals surface area contributed by atoms with Crippen molar-refractivity contribution in [3.63, 3.8) is 0 Å². The van der Waals surface area contributed by atoms with E-state index >= 15 is 0 Å². The second kappa shape index (κ2) is 6.24. The Morgan fingerprint density at radius 3 is 2.40 bits per heavy atom. The van der Waals surface area contributed by atoms with Gasteiger partial charge in [0.2, 0.25) is 0 Å². The first-order valence-corrected chi connectivity index (χ1v) is 6.71. The van der Waals surface area contributed by atoms with Gasteiger partial charge >= 0.3 is 0 Å². The Balaban J connectivity index is 2.11. The molecule has 2 aromatic rings. The molecular formula is C17H19NO2. The Labute approximate surface area is 119 Å². The second-order valence-electron chi connectivity index (χ2n) is 4.73. The minimum absolute atomic E-state index is 0.111. The number of anilines is 1. The van der Waals surface area contributed by atoms with Crippen LogP contribution in [-0.4, -0.2) is 12.5 Å². The summed E-state index contributed by atoms with van der Waals surface area (Å²) in [5.74, 6) is 0.663. The molecule has 0 atom stereocenters. The fourth-order valence-corrected chi connectivity index (χ4v) is 2.02. The topological polar surface area (TPSA) is 38.3 Å². The fraction of sp³-hybridized carbons (Fsp3) is 0.235. The van der Waals surface area contributed by atoms with Crippen molar-refractivity contribution >= 4 is 11.6 Å². The lowest BCUT2D eigenvalue weighted by Crippen LogP contribution is -2.12. The molecule has 0 aliphatic carbocycles. The molecule has 2 aromatic carbocycles. The largest absolute Gasteiger partial charge is 0.494 e. The summed E-state index contributed by atoms with van der Waals surface area (Å²) in [6, 6.07) is 13.1. The molecule has 0 aromatic heterocycles. The molecular weight excluding hydrogens is 250 g/mol. The highest BCUT2D eigenvalue weighted by Gasteiger charge is 2.07. The molecule has 0 aliphatic rings. The minimum Gasteiger partial charge on any atom is -0.494 e. The molecule has 3 heteroatoms. The van der Waals surface area contributed by atoms with Gasteiger partial charge in [0.25, 0.3) is 5.91 Å². The number of ether oxygens (including phenoxy) is 1. The zero-order chi connectivity index (χ0) is 14.5. The third-order valence-electron chi connectivity index (χ3n) is 3.06. The Bertz CT molecular complexity index is 603. The van der Waals surface area contributed by atoms with E-state index in [4.69, 9.17) is 4.74 Å². The second-order valence-corrected chi connectivity index (χ2v) is 4.73. The van der Waals surface area contributed by atoms with Crippen molar-refractivity contribution in [3.05, 3.63) is 59.2 Å². The molecule has 0 spiro atoms. The van der Waals surface area contributed by atoms with E-state index in [-0.39, 0.29) is 5.91 Å². The van der Waals surface area contributed by atoms with Crippen molar-refractivity contribution in [3.8, 4) is 5.75 Å². The summed E-state index contributed by atoms with van der Waals surface area (Å²) in [5.41, 5.74) is 3.70. The summed E-state index contributed by atoms with van der Waals surface area (Å²) in [6.07, 6.45) is 0. The van der Waals surface area contributed by atoms with Crippen LogP contribution in [0.25, 0.3) is 0 Å². The van der Waals surface area contributed by atoms with Crippen molar-refractivity contribution in [1.29, 1.82) is 0 Å². The summed E-state index contributed by atoms with van der Waals surface area (Å²) in [6.45, 7) is 6.57. The molecule has 0 bridgehead atoms. The zero-order valence-electron chi connectivity index (χ0n) is 12.1. The van der Waals surface area contributed by atoms with Crippen molar-refractivity contribution in [2.24, 2.45) is 0 Å². The van der Waals surface area contributed by atoms with Crippen molar-refractivity contribution in [2.75, 3.05) is 11.9 Å². The summed E-state index contributed by atoms with van der Waals surface area (Å²) < 4.78 is 5.36. The van der Waals surface area contributed by atoms with Crippen LogP contribution < -0.4 is 10.1 Å². The quantitative estimate of drug-likeness (QED) is 0.912. The Morgan fingerprint density at radius 1 is 1.10 bits per heavy atom. The number of hydrogen-bond acceptors (Lipinski definition) is 2. The van der Waals surface area contributed by atoms with Crippen LogP contribution in [-0.2, 0) is 0 Å². The van der Waals surface area contributed by atoms with Crippen LogP contribution in [0.2, 0.25) is 0 Å². The van der Waals surface area contributed by atoms with Crippen LogP contribution in [0.15, 0.2) is 42.5 Å². The van der Waals surface area contributed by atoms with Gasteiger partial charge in [0.1, 0.15) is 5.75 Å². The van der Waals surface area contributed by atoms with Gasteiger partial charge in [0.05, 0.1) is 6.61 Å². The van der Waals surface area contributed by atoms with E-state index < -0.39 is 0 Å². The predicted octanol–water partition coefficient (Wildman–Crippen LogP) is 3.95. The van der Waals surface area contributed by atoms with Gasteiger partial charge < -0.3 is 10.1 Å². The Kier molecular flexibility index (Phi) is 4.41. The first-order chi connectivity index (χ1) is 9.60. The molecule has 20 heavy (non-hydrogen) atoms. The number of rotatable bonds is 4. The molecule has 0 aliphatic heterocycles. The molecule has 0 heterocycles. The summed E-state index contributed by atoms with van der Waals surface area (Å²) >= 11 is 0. The van der Waals surface area contributed by atoms with Gasteiger partial charge in [0, 0.05) is 11.3 Å². The first-order valence-electron chi connectivity index (χ1n) is 6.71. The molecule has 3 nitrogen and oxygen atoms in total.